The molecule has 1 aliphatic rings. The van der Waals surface area contributed by atoms with Crippen LogP contribution in [-0.4, -0.2) is 20.0 Å². The summed E-state index contributed by atoms with van der Waals surface area (Å²) in [4.78, 5) is 0. The van der Waals surface area contributed by atoms with E-state index >= 15 is 0 Å². The SMILES string of the molecule is C1[N-]C[N-]C[N-]1.[CH2-]CC.[CH2-]CC.[CH2-]CC.[Co+2].[Co+2].[Co+2]. The molecule has 1 saturated heterocycles. The monoisotopic (exact) mass is 390 g/mol. The molecule has 117 valence electrons. The minimum absolute atomic E-state index is 0. The van der Waals surface area contributed by atoms with Gasteiger partial charge in [0.1, 0.15) is 0 Å². The van der Waals surface area contributed by atoms with Crippen molar-refractivity contribution in [2.75, 3.05) is 20.0 Å². The first kappa shape index (κ1) is 36.6. The zero-order valence-electron chi connectivity index (χ0n) is 11.7. The molecule has 1 aliphatic heterocycles. The Bertz CT molecular complexity index is 59.3. The van der Waals surface area contributed by atoms with E-state index in [2.05, 4.69) is 36.7 Å². The zero-order chi connectivity index (χ0) is 12.4. The van der Waals surface area contributed by atoms with Gasteiger partial charge >= 0.3 is 50.3 Å². The average molecular weight is 390 g/mol. The van der Waals surface area contributed by atoms with Crippen LogP contribution < -0.4 is 0 Å². The molecular weight excluding hydrogens is 363 g/mol. The molecule has 0 saturated carbocycles. The fraction of sp³-hybridized carbons (Fsp3) is 0.750. The van der Waals surface area contributed by atoms with Crippen LogP contribution >= 0.6 is 0 Å². The van der Waals surface area contributed by atoms with Crippen LogP contribution in [0.25, 0.3) is 16.0 Å². The quantitative estimate of drug-likeness (QED) is 0.540. The van der Waals surface area contributed by atoms with Gasteiger partial charge in [0.05, 0.1) is 0 Å². The predicted octanol–water partition coefficient (Wildman–Crippen LogP) is 4.68. The van der Waals surface area contributed by atoms with E-state index in [4.69, 9.17) is 0 Å². The smallest absolute Gasteiger partial charge is 0.699 e. The molecule has 0 spiro atoms. The Morgan fingerprint density at radius 1 is 0.611 bits per heavy atom. The second kappa shape index (κ2) is 51.5. The molecule has 0 unspecified atom stereocenters. The number of hydrogen-bond acceptors (Lipinski definition) is 0. The van der Waals surface area contributed by atoms with Crippen molar-refractivity contribution in [3.8, 4) is 0 Å². The van der Waals surface area contributed by atoms with Gasteiger partial charge < -0.3 is 36.7 Å². The molecular formula is C12H27Co3N3. The van der Waals surface area contributed by atoms with Crippen LogP contribution in [0.1, 0.15) is 40.0 Å². The molecule has 6 heteroatoms. The van der Waals surface area contributed by atoms with E-state index in [1.165, 1.54) is 0 Å². The van der Waals surface area contributed by atoms with E-state index in [9.17, 15) is 0 Å². The number of nitrogens with zero attached hydrogens (tertiary/aromatic N) is 3. The minimum Gasteiger partial charge on any atom is -0.699 e. The summed E-state index contributed by atoms with van der Waals surface area (Å²) in [6.45, 7) is 18.5. The molecule has 3 nitrogen and oxygen atoms in total. The standard InChI is InChI=1S/C3H6N3.3C3H7.3Co/c1-4-2-6-3-5-1;3*1-3-2;;;/h1-3H2;3*1,3H2,2H3;;;/q-3;3*-1;3*+2. The molecule has 0 aromatic rings. The Labute approximate surface area is 146 Å². The molecule has 0 atom stereocenters. The zero-order valence-corrected chi connectivity index (χ0v) is 14.8. The van der Waals surface area contributed by atoms with Gasteiger partial charge in [-0.25, -0.2) is 0 Å². The van der Waals surface area contributed by atoms with Crippen LogP contribution in [0.15, 0.2) is 0 Å². The topological polar surface area (TPSA) is 42.3 Å². The third kappa shape index (κ3) is 85.5. The largest absolute Gasteiger partial charge is 2.00 e. The van der Waals surface area contributed by atoms with Gasteiger partial charge in [0, 0.05) is 0 Å². The van der Waals surface area contributed by atoms with E-state index in [0.717, 1.165) is 19.3 Å². The van der Waals surface area contributed by atoms with Crippen molar-refractivity contribution >= 4 is 0 Å². The van der Waals surface area contributed by atoms with Crippen molar-refractivity contribution in [3.05, 3.63) is 36.7 Å². The Kier molecular flexibility index (Phi) is 105. The third-order valence-electron chi connectivity index (χ3n) is 0.600. The first-order valence-electron chi connectivity index (χ1n) is 5.52. The maximum atomic E-state index is 3.84. The van der Waals surface area contributed by atoms with Crippen LogP contribution in [-0.2, 0) is 50.3 Å². The van der Waals surface area contributed by atoms with Crippen molar-refractivity contribution in [2.24, 2.45) is 0 Å². The van der Waals surface area contributed by atoms with Gasteiger partial charge in [-0.2, -0.15) is 19.3 Å². The molecule has 0 aliphatic carbocycles. The summed E-state index contributed by atoms with van der Waals surface area (Å²) in [6, 6.07) is 0. The van der Waals surface area contributed by atoms with Gasteiger partial charge in [-0.3, -0.25) is 20.0 Å². The molecule has 0 amide bonds. The van der Waals surface area contributed by atoms with E-state index < -0.39 is 0 Å². The number of rotatable bonds is 0. The maximum absolute atomic E-state index is 3.84. The summed E-state index contributed by atoms with van der Waals surface area (Å²) in [6.07, 6.45) is 3.00. The molecule has 3 radical (unpaired) electrons. The van der Waals surface area contributed by atoms with Crippen LogP contribution in [0, 0.1) is 20.8 Å². The molecule has 18 heavy (non-hydrogen) atoms. The Morgan fingerprint density at radius 2 is 0.722 bits per heavy atom. The van der Waals surface area contributed by atoms with Gasteiger partial charge in [0.15, 0.2) is 0 Å². The minimum atomic E-state index is 0. The molecule has 1 fully saturated rings. The summed E-state index contributed by atoms with van der Waals surface area (Å²) in [5.41, 5.74) is 0. The van der Waals surface area contributed by atoms with Crippen molar-refractivity contribution in [1.29, 1.82) is 0 Å². The van der Waals surface area contributed by atoms with E-state index in [0.29, 0.717) is 20.0 Å². The molecule has 0 N–H and O–H groups in total. The first-order chi connectivity index (χ1) is 7.24. The van der Waals surface area contributed by atoms with Gasteiger partial charge in [-0.05, 0) is 0 Å². The first-order valence-corrected chi connectivity index (χ1v) is 5.52. The van der Waals surface area contributed by atoms with Crippen molar-refractivity contribution in [2.45, 2.75) is 40.0 Å². The van der Waals surface area contributed by atoms with Crippen LogP contribution in [0.2, 0.25) is 0 Å². The molecule has 1 heterocycles. The Morgan fingerprint density at radius 3 is 0.778 bits per heavy atom. The average Bonchev–Trinajstić information content (AvgIpc) is 2.24. The van der Waals surface area contributed by atoms with Crippen LogP contribution in [0.5, 0.6) is 0 Å². The molecule has 1 rings (SSSR count). The Hall–Kier alpha value is 1.40. The molecule has 0 aromatic carbocycles. The normalized spacial score (nSPS) is 11.0. The predicted molar refractivity (Wildman–Crippen MR) is 71.6 cm³/mol. The van der Waals surface area contributed by atoms with Gasteiger partial charge in [-0.15, -0.1) is 0 Å². The Balaban J connectivity index is -0.0000000270. The van der Waals surface area contributed by atoms with E-state index in [1.807, 2.05) is 20.8 Å². The summed E-state index contributed by atoms with van der Waals surface area (Å²) in [7, 11) is 0. The van der Waals surface area contributed by atoms with Crippen molar-refractivity contribution in [3.63, 3.8) is 0 Å². The second-order valence-corrected chi connectivity index (χ2v) is 2.60. The van der Waals surface area contributed by atoms with Gasteiger partial charge in [0.25, 0.3) is 0 Å². The van der Waals surface area contributed by atoms with Crippen LogP contribution in [0.3, 0.4) is 0 Å². The fourth-order valence-corrected chi connectivity index (χ4v) is 0.346. The molecule has 0 aromatic heterocycles. The van der Waals surface area contributed by atoms with Gasteiger partial charge in [-0.1, -0.05) is 20.8 Å². The number of hydrogen-bond donors (Lipinski definition) is 0. The second-order valence-electron chi connectivity index (χ2n) is 2.60. The van der Waals surface area contributed by atoms with E-state index in [1.54, 1.807) is 0 Å². The van der Waals surface area contributed by atoms with Crippen LogP contribution in [0.4, 0.5) is 0 Å². The summed E-state index contributed by atoms with van der Waals surface area (Å²) < 4.78 is 0. The fourth-order valence-electron chi connectivity index (χ4n) is 0.346. The molecule has 0 bridgehead atoms. The van der Waals surface area contributed by atoms with Crippen molar-refractivity contribution < 1.29 is 50.3 Å². The van der Waals surface area contributed by atoms with Gasteiger partial charge in [0.2, 0.25) is 0 Å². The summed E-state index contributed by atoms with van der Waals surface area (Å²) in [5.74, 6) is 0. The van der Waals surface area contributed by atoms with Crippen molar-refractivity contribution in [1.82, 2.24) is 0 Å². The summed E-state index contributed by atoms with van der Waals surface area (Å²) >= 11 is 0. The maximum Gasteiger partial charge on any atom is 2.00 e. The summed E-state index contributed by atoms with van der Waals surface area (Å²) in [5, 5.41) is 11.5. The van der Waals surface area contributed by atoms with E-state index in [-0.39, 0.29) is 50.3 Å². The third-order valence-corrected chi connectivity index (χ3v) is 0.600.